The summed E-state index contributed by atoms with van der Waals surface area (Å²) >= 11 is 0. The number of fused-ring (bicyclic) bond motifs is 1. The van der Waals surface area contributed by atoms with Crippen LogP contribution in [0.2, 0.25) is 0 Å². The van der Waals surface area contributed by atoms with Gasteiger partial charge < -0.3 is 4.98 Å². The summed E-state index contributed by atoms with van der Waals surface area (Å²) in [6.07, 6.45) is -0.423. The first-order valence-electron chi connectivity index (χ1n) is 6.22. The van der Waals surface area contributed by atoms with E-state index in [1.807, 2.05) is 0 Å². The van der Waals surface area contributed by atoms with Gasteiger partial charge in [-0.15, -0.1) is 3.89 Å². The van der Waals surface area contributed by atoms with Crippen molar-refractivity contribution in [1.29, 1.82) is 0 Å². The number of H-pyrrole nitrogens is 1. The minimum absolute atomic E-state index is 0.176. The van der Waals surface area contributed by atoms with Gasteiger partial charge in [0.25, 0.3) is 0 Å². The number of nitrogens with one attached hydrogen (secondary N) is 1. The van der Waals surface area contributed by atoms with Crippen molar-refractivity contribution in [2.75, 3.05) is 11.4 Å². The summed E-state index contributed by atoms with van der Waals surface area (Å²) in [6.45, 7) is -0.300. The molecule has 1 saturated heterocycles. The van der Waals surface area contributed by atoms with Gasteiger partial charge in [0.1, 0.15) is 11.1 Å². The standard InChI is InChI=1S/C13H11FN2O4S/c14-21(19,20)8-5-13(18)16(7-8)12-6-11(17)9-3-1-2-4-10(9)15-12/h1-4,6,8H,5,7H2,(H,15,17). The molecule has 1 atom stereocenters. The number of rotatable bonds is 2. The van der Waals surface area contributed by atoms with Crippen molar-refractivity contribution in [1.82, 2.24) is 4.98 Å². The van der Waals surface area contributed by atoms with Gasteiger partial charge in [-0.05, 0) is 12.1 Å². The van der Waals surface area contributed by atoms with Crippen LogP contribution in [0.5, 0.6) is 0 Å². The van der Waals surface area contributed by atoms with Crippen LogP contribution < -0.4 is 10.3 Å². The van der Waals surface area contributed by atoms with Gasteiger partial charge >= 0.3 is 10.2 Å². The number of aromatic nitrogens is 1. The molecule has 2 aromatic rings. The van der Waals surface area contributed by atoms with Crippen LogP contribution in [0, 0.1) is 0 Å². The maximum Gasteiger partial charge on any atom is 0.307 e. The lowest BCUT2D eigenvalue weighted by Crippen LogP contribution is -2.28. The summed E-state index contributed by atoms with van der Waals surface area (Å²) in [7, 11) is -4.78. The maximum absolute atomic E-state index is 13.0. The molecule has 1 fully saturated rings. The third kappa shape index (κ3) is 2.42. The number of carbonyl (C=O) groups is 1. The molecule has 0 bridgehead atoms. The summed E-state index contributed by atoms with van der Waals surface area (Å²) < 4.78 is 34.8. The Balaban J connectivity index is 2.05. The quantitative estimate of drug-likeness (QED) is 0.836. The van der Waals surface area contributed by atoms with Gasteiger partial charge in [0, 0.05) is 24.4 Å². The highest BCUT2D eigenvalue weighted by molar-refractivity contribution is 7.87. The highest BCUT2D eigenvalue weighted by atomic mass is 32.3. The number of nitrogens with zero attached hydrogens (tertiary/aromatic N) is 1. The number of halogens is 1. The van der Waals surface area contributed by atoms with Crippen LogP contribution in [0.15, 0.2) is 35.1 Å². The number of benzene rings is 1. The van der Waals surface area contributed by atoms with E-state index in [-0.39, 0.29) is 17.8 Å². The lowest BCUT2D eigenvalue weighted by atomic mass is 10.2. The highest BCUT2D eigenvalue weighted by Gasteiger charge is 2.39. The van der Waals surface area contributed by atoms with Crippen molar-refractivity contribution < 1.29 is 17.1 Å². The molecule has 2 heterocycles. The smallest absolute Gasteiger partial charge is 0.307 e. The van der Waals surface area contributed by atoms with E-state index < -0.39 is 27.8 Å². The second-order valence-electron chi connectivity index (χ2n) is 4.87. The predicted octanol–water partition coefficient (Wildman–Crippen LogP) is 0.933. The molecule has 1 amide bonds. The molecule has 6 nitrogen and oxygen atoms in total. The van der Waals surface area contributed by atoms with E-state index in [4.69, 9.17) is 0 Å². The summed E-state index contributed by atoms with van der Waals surface area (Å²) in [5, 5.41) is -0.928. The summed E-state index contributed by atoms with van der Waals surface area (Å²) in [5.41, 5.74) is 0.234. The molecule has 3 rings (SSSR count). The van der Waals surface area contributed by atoms with Gasteiger partial charge in [0.05, 0.1) is 5.52 Å². The zero-order chi connectivity index (χ0) is 15.2. The molecular formula is C13H11FN2O4S. The summed E-state index contributed by atoms with van der Waals surface area (Å²) in [4.78, 5) is 27.8. The van der Waals surface area contributed by atoms with Crippen LogP contribution in [0.25, 0.3) is 10.9 Å². The van der Waals surface area contributed by atoms with Crippen LogP contribution in [0.1, 0.15) is 6.42 Å². The van der Waals surface area contributed by atoms with E-state index in [2.05, 4.69) is 4.98 Å². The zero-order valence-corrected chi connectivity index (χ0v) is 11.6. The molecule has 1 aromatic carbocycles. The zero-order valence-electron chi connectivity index (χ0n) is 10.7. The summed E-state index contributed by atoms with van der Waals surface area (Å²) in [6, 6.07) is 7.96. The van der Waals surface area contributed by atoms with Crippen LogP contribution in [0.4, 0.5) is 9.70 Å². The van der Waals surface area contributed by atoms with Crippen molar-refractivity contribution in [3.63, 3.8) is 0 Å². The molecule has 1 unspecified atom stereocenters. The number of aromatic amines is 1. The SMILES string of the molecule is O=C1CC(S(=O)(=O)F)CN1c1cc(=O)c2ccccc2[nH]1. The second kappa shape index (κ2) is 4.66. The largest absolute Gasteiger partial charge is 0.341 e. The number of carbonyl (C=O) groups excluding carboxylic acids is 1. The molecule has 0 radical (unpaired) electrons. The second-order valence-corrected chi connectivity index (χ2v) is 6.49. The number of pyridine rings is 1. The molecule has 1 aromatic heterocycles. The molecule has 1 aliphatic rings. The fourth-order valence-electron chi connectivity index (χ4n) is 2.42. The molecule has 0 spiro atoms. The van der Waals surface area contributed by atoms with Gasteiger partial charge in [-0.2, -0.15) is 8.42 Å². The van der Waals surface area contributed by atoms with E-state index in [1.165, 1.54) is 6.07 Å². The Morgan fingerprint density at radius 3 is 2.62 bits per heavy atom. The number of amides is 1. The molecule has 1 aliphatic heterocycles. The van der Waals surface area contributed by atoms with E-state index >= 15 is 0 Å². The third-order valence-corrected chi connectivity index (χ3v) is 4.61. The Hall–Kier alpha value is -2.22. The Labute approximate surface area is 119 Å². The van der Waals surface area contributed by atoms with Gasteiger partial charge in [0.15, 0.2) is 5.43 Å². The molecule has 0 aliphatic carbocycles. The molecule has 0 saturated carbocycles. The van der Waals surface area contributed by atoms with E-state index in [0.717, 1.165) is 4.90 Å². The molecule has 8 heteroatoms. The van der Waals surface area contributed by atoms with Crippen LogP contribution in [-0.2, 0) is 15.0 Å². The fraction of sp³-hybridized carbons (Fsp3) is 0.231. The minimum atomic E-state index is -4.78. The predicted molar refractivity (Wildman–Crippen MR) is 75.4 cm³/mol. The Morgan fingerprint density at radius 1 is 1.24 bits per heavy atom. The van der Waals surface area contributed by atoms with E-state index in [1.54, 1.807) is 24.3 Å². The average molecular weight is 310 g/mol. The maximum atomic E-state index is 13.0. The Morgan fingerprint density at radius 2 is 1.95 bits per heavy atom. The topological polar surface area (TPSA) is 87.3 Å². The average Bonchev–Trinajstić information content (AvgIpc) is 2.81. The van der Waals surface area contributed by atoms with Gasteiger partial charge in [-0.1, -0.05) is 12.1 Å². The van der Waals surface area contributed by atoms with Crippen molar-refractivity contribution >= 4 is 32.9 Å². The molecule has 110 valence electrons. The first-order valence-corrected chi connectivity index (χ1v) is 7.67. The van der Waals surface area contributed by atoms with Gasteiger partial charge in [0.2, 0.25) is 5.91 Å². The Kier molecular flexibility index (Phi) is 3.05. The first kappa shape index (κ1) is 13.7. The highest BCUT2D eigenvalue weighted by Crippen LogP contribution is 2.24. The van der Waals surface area contributed by atoms with E-state index in [9.17, 15) is 21.9 Å². The van der Waals surface area contributed by atoms with Crippen LogP contribution in [0.3, 0.4) is 0 Å². The van der Waals surface area contributed by atoms with Crippen LogP contribution >= 0.6 is 0 Å². The normalized spacial score (nSPS) is 19.4. The number of hydrogen-bond donors (Lipinski definition) is 1. The number of hydrogen-bond acceptors (Lipinski definition) is 4. The number of para-hydroxylation sites is 1. The fourth-order valence-corrected chi connectivity index (χ4v) is 3.09. The van der Waals surface area contributed by atoms with Gasteiger partial charge in [-0.25, -0.2) is 0 Å². The third-order valence-electron chi connectivity index (χ3n) is 3.50. The number of anilines is 1. The first-order chi connectivity index (χ1) is 9.86. The summed E-state index contributed by atoms with van der Waals surface area (Å²) in [5.74, 6) is -0.359. The molecule has 1 N–H and O–H groups in total. The van der Waals surface area contributed by atoms with Crippen molar-refractivity contribution in [2.45, 2.75) is 11.7 Å². The van der Waals surface area contributed by atoms with Crippen molar-refractivity contribution in [2.24, 2.45) is 0 Å². The van der Waals surface area contributed by atoms with Gasteiger partial charge in [-0.3, -0.25) is 14.5 Å². The van der Waals surface area contributed by atoms with E-state index in [0.29, 0.717) is 10.9 Å². The van der Waals surface area contributed by atoms with Crippen molar-refractivity contribution in [3.05, 3.63) is 40.6 Å². The lowest BCUT2D eigenvalue weighted by molar-refractivity contribution is -0.117. The lowest BCUT2D eigenvalue weighted by Gasteiger charge is -2.16. The Bertz CT molecular complexity index is 890. The van der Waals surface area contributed by atoms with Crippen molar-refractivity contribution in [3.8, 4) is 0 Å². The molecular weight excluding hydrogens is 299 g/mol. The minimum Gasteiger partial charge on any atom is -0.341 e. The molecule has 21 heavy (non-hydrogen) atoms. The van der Waals surface area contributed by atoms with Crippen LogP contribution in [-0.4, -0.2) is 31.1 Å². The monoisotopic (exact) mass is 310 g/mol.